The summed E-state index contributed by atoms with van der Waals surface area (Å²) in [7, 11) is 0. The molecule has 2 aliphatic carbocycles. The van der Waals surface area contributed by atoms with Crippen molar-refractivity contribution in [3.63, 3.8) is 0 Å². The maximum Gasteiger partial charge on any atom is 0.334 e. The van der Waals surface area contributed by atoms with Crippen LogP contribution in [0.1, 0.15) is 37.9 Å². The highest BCUT2D eigenvalue weighted by atomic mass is 16.5. The van der Waals surface area contributed by atoms with Crippen LogP contribution in [0, 0.1) is 22.7 Å². The lowest BCUT2D eigenvalue weighted by Crippen LogP contribution is -2.56. The molecule has 0 radical (unpaired) electrons. The monoisotopic (exact) mass is 340 g/mol. The Morgan fingerprint density at radius 1 is 1.28 bits per heavy atom. The summed E-state index contributed by atoms with van der Waals surface area (Å²) in [6, 6.07) is 1.85. The summed E-state index contributed by atoms with van der Waals surface area (Å²) in [6.45, 7) is 2.59. The topological polar surface area (TPSA) is 65.7 Å². The Hall–Kier alpha value is -2.30. The highest BCUT2D eigenvalue weighted by Gasteiger charge is 2.64. The van der Waals surface area contributed by atoms with Crippen LogP contribution >= 0.6 is 0 Å². The lowest BCUT2D eigenvalue weighted by Gasteiger charge is -2.57. The zero-order valence-electron chi connectivity index (χ0n) is 14.1. The number of furan rings is 1. The predicted octanol–water partition coefficient (Wildman–Crippen LogP) is 3.34. The van der Waals surface area contributed by atoms with Crippen molar-refractivity contribution in [3.8, 4) is 0 Å². The highest BCUT2D eigenvalue weighted by molar-refractivity contribution is 5.93. The van der Waals surface area contributed by atoms with Crippen LogP contribution < -0.4 is 0 Å². The molecule has 2 saturated heterocycles. The van der Waals surface area contributed by atoms with Gasteiger partial charge >= 0.3 is 11.9 Å². The Morgan fingerprint density at radius 2 is 2.16 bits per heavy atom. The van der Waals surface area contributed by atoms with Crippen LogP contribution in [-0.2, 0) is 19.1 Å². The number of carbonyl (C=O) groups is 2. The summed E-state index contributed by atoms with van der Waals surface area (Å²) in [5.41, 5.74) is 1.09. The van der Waals surface area contributed by atoms with Crippen molar-refractivity contribution < 1.29 is 23.5 Å². The van der Waals surface area contributed by atoms with Crippen molar-refractivity contribution in [3.05, 3.63) is 48.0 Å². The maximum absolute atomic E-state index is 12.8. The smallest absolute Gasteiger partial charge is 0.334 e. The van der Waals surface area contributed by atoms with Crippen LogP contribution in [0.4, 0.5) is 0 Å². The van der Waals surface area contributed by atoms with E-state index >= 15 is 0 Å². The van der Waals surface area contributed by atoms with Gasteiger partial charge in [0.15, 0.2) is 0 Å². The molecular formula is C20H20O5. The molecule has 5 nitrogen and oxygen atoms in total. The number of rotatable bonds is 1. The third-order valence-electron chi connectivity index (χ3n) is 6.85. The van der Waals surface area contributed by atoms with E-state index in [1.54, 1.807) is 12.5 Å². The average Bonchev–Trinajstić information content (AvgIpc) is 3.23. The highest BCUT2D eigenvalue weighted by Crippen LogP contribution is 2.65. The van der Waals surface area contributed by atoms with Gasteiger partial charge in [0.05, 0.1) is 18.4 Å². The normalized spacial score (nSPS) is 42.0. The second-order valence-electron chi connectivity index (χ2n) is 7.96. The molecule has 0 aromatic carbocycles. The summed E-state index contributed by atoms with van der Waals surface area (Å²) < 4.78 is 16.4. The largest absolute Gasteiger partial charge is 0.472 e. The maximum atomic E-state index is 12.8. The van der Waals surface area contributed by atoms with Crippen LogP contribution in [0.5, 0.6) is 0 Å². The number of fused-ring (bicyclic) bond motifs is 2. The van der Waals surface area contributed by atoms with Gasteiger partial charge < -0.3 is 13.9 Å². The van der Waals surface area contributed by atoms with E-state index in [1.165, 1.54) is 0 Å². The Kier molecular flexibility index (Phi) is 2.92. The summed E-state index contributed by atoms with van der Waals surface area (Å²) in [5, 5.41) is 0. The Labute approximate surface area is 145 Å². The third kappa shape index (κ3) is 1.84. The summed E-state index contributed by atoms with van der Waals surface area (Å²) >= 11 is 0. The van der Waals surface area contributed by atoms with Crippen LogP contribution in [0.3, 0.4) is 0 Å². The molecule has 130 valence electrons. The summed E-state index contributed by atoms with van der Waals surface area (Å²) in [4.78, 5) is 25.0. The predicted molar refractivity (Wildman–Crippen MR) is 87.1 cm³/mol. The van der Waals surface area contributed by atoms with Crippen molar-refractivity contribution >= 4 is 11.9 Å². The van der Waals surface area contributed by atoms with Crippen molar-refractivity contribution in [2.75, 3.05) is 6.61 Å². The molecule has 1 aromatic rings. The number of carbonyl (C=O) groups excluding carboxylic acids is 2. The molecule has 0 N–H and O–H groups in total. The number of allylic oxidation sites excluding steroid dienone is 3. The molecule has 0 bridgehead atoms. The van der Waals surface area contributed by atoms with E-state index in [-0.39, 0.29) is 40.7 Å². The Morgan fingerprint density at radius 3 is 2.96 bits per heavy atom. The van der Waals surface area contributed by atoms with Gasteiger partial charge in [-0.1, -0.05) is 25.2 Å². The Bertz CT molecular complexity index is 804. The number of cyclic esters (lactones) is 2. The standard InChI is InChI=1S/C20H20O5/c1-19-9-15(12-6-8-23-10-12)25-18(22)13(19)5-7-20-11-24-17(21)14(20)3-2-4-16(19)20/h2-4,6,8,10,13,15-16H,5,7,9,11H2,1H3/t13-,15-,16-,19+,20-/m1/s1. The summed E-state index contributed by atoms with van der Waals surface area (Å²) in [6.07, 6.45) is 11.2. The third-order valence-corrected chi connectivity index (χ3v) is 6.85. The second-order valence-corrected chi connectivity index (χ2v) is 7.96. The zero-order valence-corrected chi connectivity index (χ0v) is 14.1. The minimum Gasteiger partial charge on any atom is -0.472 e. The number of esters is 2. The molecule has 5 atom stereocenters. The summed E-state index contributed by atoms with van der Waals surface area (Å²) in [5.74, 6) is -0.399. The lowest BCUT2D eigenvalue weighted by atomic mass is 9.47. The average molecular weight is 340 g/mol. The molecule has 3 heterocycles. The molecule has 3 fully saturated rings. The fourth-order valence-electron chi connectivity index (χ4n) is 5.62. The Balaban J connectivity index is 1.58. The van der Waals surface area contributed by atoms with Gasteiger partial charge in [-0.3, -0.25) is 4.79 Å². The van der Waals surface area contributed by atoms with Gasteiger partial charge in [0, 0.05) is 16.6 Å². The van der Waals surface area contributed by atoms with Gasteiger partial charge in [-0.15, -0.1) is 0 Å². The molecule has 0 unspecified atom stereocenters. The molecule has 5 heteroatoms. The molecule has 5 rings (SSSR count). The first-order valence-corrected chi connectivity index (χ1v) is 8.83. The molecule has 1 spiro atoms. The van der Waals surface area contributed by atoms with Gasteiger partial charge in [0.2, 0.25) is 0 Å². The van der Waals surface area contributed by atoms with Crippen LogP contribution in [0.15, 0.2) is 46.8 Å². The van der Waals surface area contributed by atoms with E-state index in [9.17, 15) is 9.59 Å². The van der Waals surface area contributed by atoms with E-state index in [0.29, 0.717) is 6.61 Å². The molecule has 1 saturated carbocycles. The quantitative estimate of drug-likeness (QED) is 0.734. The first kappa shape index (κ1) is 15.0. The number of hydrogen-bond donors (Lipinski definition) is 0. The molecular weight excluding hydrogens is 320 g/mol. The van der Waals surface area contributed by atoms with E-state index in [2.05, 4.69) is 13.0 Å². The lowest BCUT2D eigenvalue weighted by molar-refractivity contribution is -0.187. The van der Waals surface area contributed by atoms with Crippen LogP contribution in [-0.4, -0.2) is 18.5 Å². The van der Waals surface area contributed by atoms with E-state index < -0.39 is 0 Å². The zero-order chi connectivity index (χ0) is 17.2. The van der Waals surface area contributed by atoms with Crippen molar-refractivity contribution in [2.24, 2.45) is 22.7 Å². The second kappa shape index (κ2) is 4.87. The number of ether oxygens (including phenoxy) is 2. The molecule has 0 amide bonds. The van der Waals surface area contributed by atoms with Crippen molar-refractivity contribution in [1.82, 2.24) is 0 Å². The van der Waals surface area contributed by atoms with Crippen molar-refractivity contribution in [1.29, 1.82) is 0 Å². The fraction of sp³-hybridized carbons (Fsp3) is 0.500. The van der Waals surface area contributed by atoms with Crippen LogP contribution in [0.2, 0.25) is 0 Å². The van der Waals surface area contributed by atoms with E-state index in [1.807, 2.05) is 18.2 Å². The van der Waals surface area contributed by atoms with Gasteiger partial charge in [-0.2, -0.15) is 0 Å². The van der Waals surface area contributed by atoms with Gasteiger partial charge in [0.25, 0.3) is 0 Å². The van der Waals surface area contributed by atoms with Gasteiger partial charge in [-0.25, -0.2) is 4.79 Å². The first-order chi connectivity index (χ1) is 12.0. The SMILES string of the molecule is C[C@]12C[C@H](c3ccoc3)OC(=O)[C@H]1CC[C@@]13COC(=O)C1=CC=C[C@@H]32. The van der Waals surface area contributed by atoms with E-state index in [0.717, 1.165) is 30.4 Å². The minimum absolute atomic E-state index is 0.0902. The van der Waals surface area contributed by atoms with Gasteiger partial charge in [0.1, 0.15) is 12.7 Å². The molecule has 2 aliphatic heterocycles. The molecule has 4 aliphatic rings. The van der Waals surface area contributed by atoms with Crippen molar-refractivity contribution in [2.45, 2.75) is 32.3 Å². The minimum atomic E-state index is -0.302. The fourth-order valence-corrected chi connectivity index (χ4v) is 5.62. The number of hydrogen-bond acceptors (Lipinski definition) is 5. The first-order valence-electron chi connectivity index (χ1n) is 8.83. The molecule has 1 aromatic heterocycles. The van der Waals surface area contributed by atoms with Gasteiger partial charge in [-0.05, 0) is 36.7 Å². The van der Waals surface area contributed by atoms with E-state index in [4.69, 9.17) is 13.9 Å². The van der Waals surface area contributed by atoms with Crippen LogP contribution in [0.25, 0.3) is 0 Å². The molecule has 25 heavy (non-hydrogen) atoms.